The van der Waals surface area contributed by atoms with Crippen LogP contribution >= 0.6 is 11.3 Å². The number of thiazole rings is 1. The molecule has 3 rings (SSSR count). The Labute approximate surface area is 129 Å². The van der Waals surface area contributed by atoms with Crippen LogP contribution in [0, 0.1) is 0 Å². The van der Waals surface area contributed by atoms with E-state index in [1.54, 1.807) is 11.3 Å². The first-order valence-electron chi connectivity index (χ1n) is 7.53. The number of hydrogen-bond donors (Lipinski definition) is 1. The molecular formula is C15H22N4OS. The van der Waals surface area contributed by atoms with Crippen LogP contribution in [-0.4, -0.2) is 40.3 Å². The number of aromatic nitrogens is 3. The smallest absolute Gasteiger partial charge is 0.169 e. The van der Waals surface area contributed by atoms with E-state index >= 15 is 0 Å². The van der Waals surface area contributed by atoms with Gasteiger partial charge in [-0.25, -0.2) is 9.97 Å². The normalized spacial score (nSPS) is 19.3. The van der Waals surface area contributed by atoms with Crippen LogP contribution in [0.2, 0.25) is 0 Å². The van der Waals surface area contributed by atoms with Crippen molar-refractivity contribution in [2.24, 2.45) is 0 Å². The van der Waals surface area contributed by atoms with E-state index in [0.717, 1.165) is 49.2 Å². The molecule has 3 heterocycles. The fourth-order valence-electron chi connectivity index (χ4n) is 2.43. The maximum Gasteiger partial charge on any atom is 0.169 e. The summed E-state index contributed by atoms with van der Waals surface area (Å²) in [5, 5.41) is 6.50. The molecular weight excluding hydrogens is 284 g/mol. The average Bonchev–Trinajstić information content (AvgIpc) is 3.15. The van der Waals surface area contributed by atoms with Crippen LogP contribution in [-0.2, 0) is 11.3 Å². The average molecular weight is 306 g/mol. The number of rotatable bonds is 5. The highest BCUT2D eigenvalue weighted by Crippen LogP contribution is 2.26. The van der Waals surface area contributed by atoms with Gasteiger partial charge in [0.25, 0.3) is 0 Å². The summed E-state index contributed by atoms with van der Waals surface area (Å²) < 4.78 is 7.93. The first kappa shape index (κ1) is 14.7. The van der Waals surface area contributed by atoms with Gasteiger partial charge in [0.05, 0.1) is 18.4 Å². The number of nitrogens with one attached hydrogen (secondary N) is 1. The summed E-state index contributed by atoms with van der Waals surface area (Å²) in [5.74, 6) is 1.43. The molecule has 5 nitrogen and oxygen atoms in total. The first-order valence-corrected chi connectivity index (χ1v) is 8.41. The van der Waals surface area contributed by atoms with E-state index in [-0.39, 0.29) is 0 Å². The molecule has 0 aliphatic carbocycles. The quantitative estimate of drug-likeness (QED) is 0.922. The van der Waals surface area contributed by atoms with Crippen molar-refractivity contribution in [1.29, 1.82) is 0 Å². The molecule has 1 aliphatic rings. The minimum absolute atomic E-state index is 0.302. The molecule has 1 atom stereocenters. The molecule has 0 radical (unpaired) electrons. The molecule has 1 saturated heterocycles. The zero-order chi connectivity index (χ0) is 14.7. The second-order valence-electron chi connectivity index (χ2n) is 5.66. The minimum Gasteiger partial charge on any atom is -0.376 e. The van der Waals surface area contributed by atoms with Gasteiger partial charge in [0.1, 0.15) is 0 Å². The van der Waals surface area contributed by atoms with Crippen LogP contribution in [0.1, 0.15) is 31.9 Å². The highest BCUT2D eigenvalue weighted by Gasteiger charge is 2.16. The maximum atomic E-state index is 5.75. The number of imidazole rings is 1. The molecule has 1 aliphatic heterocycles. The molecule has 0 bridgehead atoms. The molecule has 0 aromatic carbocycles. The predicted octanol–water partition coefficient (Wildman–Crippen LogP) is 2.51. The SMILES string of the molecule is CC(C)c1csc(-c2nccn2CCC2CNCCO2)n1. The predicted molar refractivity (Wildman–Crippen MR) is 84.7 cm³/mol. The van der Waals surface area contributed by atoms with Gasteiger partial charge in [-0.05, 0) is 12.3 Å². The number of hydrogen-bond acceptors (Lipinski definition) is 5. The van der Waals surface area contributed by atoms with Gasteiger partial charge in [-0.1, -0.05) is 13.8 Å². The van der Waals surface area contributed by atoms with Crippen molar-refractivity contribution in [3.63, 3.8) is 0 Å². The molecule has 2 aromatic rings. The lowest BCUT2D eigenvalue weighted by atomic mass is 10.2. The van der Waals surface area contributed by atoms with Crippen molar-refractivity contribution >= 4 is 11.3 Å². The number of ether oxygens (including phenoxy) is 1. The summed E-state index contributed by atoms with van der Waals surface area (Å²) in [4.78, 5) is 9.18. The summed E-state index contributed by atoms with van der Waals surface area (Å²) in [5.41, 5.74) is 1.14. The highest BCUT2D eigenvalue weighted by molar-refractivity contribution is 7.13. The van der Waals surface area contributed by atoms with Gasteiger partial charge in [-0.2, -0.15) is 0 Å². The summed E-state index contributed by atoms with van der Waals surface area (Å²) in [6, 6.07) is 0. The largest absolute Gasteiger partial charge is 0.376 e. The van der Waals surface area contributed by atoms with Crippen LogP contribution < -0.4 is 5.32 Å². The number of aryl methyl sites for hydroxylation is 1. The summed E-state index contributed by atoms with van der Waals surface area (Å²) in [6.07, 6.45) is 5.18. The third kappa shape index (κ3) is 3.51. The topological polar surface area (TPSA) is 52.0 Å². The van der Waals surface area contributed by atoms with Gasteiger partial charge in [-0.15, -0.1) is 11.3 Å². The van der Waals surface area contributed by atoms with Gasteiger partial charge in [0.15, 0.2) is 10.8 Å². The van der Waals surface area contributed by atoms with Crippen molar-refractivity contribution in [2.75, 3.05) is 19.7 Å². The molecule has 0 saturated carbocycles. The van der Waals surface area contributed by atoms with Gasteiger partial charge >= 0.3 is 0 Å². The van der Waals surface area contributed by atoms with Gasteiger partial charge in [0, 0.05) is 37.4 Å². The lowest BCUT2D eigenvalue weighted by Crippen LogP contribution is -2.38. The summed E-state index contributed by atoms with van der Waals surface area (Å²) >= 11 is 1.67. The van der Waals surface area contributed by atoms with E-state index in [1.807, 2.05) is 12.4 Å². The molecule has 0 amide bonds. The number of morpholine rings is 1. The Kier molecular flexibility index (Phi) is 4.67. The van der Waals surface area contributed by atoms with E-state index in [4.69, 9.17) is 9.72 Å². The Hall–Kier alpha value is -1.24. The number of nitrogens with zero attached hydrogens (tertiary/aromatic N) is 3. The zero-order valence-corrected chi connectivity index (χ0v) is 13.4. The molecule has 2 aromatic heterocycles. The van der Waals surface area contributed by atoms with Gasteiger partial charge in [-0.3, -0.25) is 0 Å². The monoisotopic (exact) mass is 306 g/mol. The van der Waals surface area contributed by atoms with E-state index in [9.17, 15) is 0 Å². The second-order valence-corrected chi connectivity index (χ2v) is 6.52. The van der Waals surface area contributed by atoms with Gasteiger partial charge in [0.2, 0.25) is 0 Å². The highest BCUT2D eigenvalue weighted by atomic mass is 32.1. The van der Waals surface area contributed by atoms with Crippen LogP contribution in [0.3, 0.4) is 0 Å². The fourth-order valence-corrected chi connectivity index (χ4v) is 3.42. The molecule has 1 unspecified atom stereocenters. The van der Waals surface area contributed by atoms with Crippen molar-refractivity contribution in [3.8, 4) is 10.8 Å². The molecule has 114 valence electrons. The van der Waals surface area contributed by atoms with Crippen LogP contribution in [0.15, 0.2) is 17.8 Å². The van der Waals surface area contributed by atoms with Crippen molar-refractivity contribution < 1.29 is 4.74 Å². The van der Waals surface area contributed by atoms with Gasteiger partial charge < -0.3 is 14.6 Å². The van der Waals surface area contributed by atoms with Crippen molar-refractivity contribution in [3.05, 3.63) is 23.5 Å². The Morgan fingerprint density at radius 3 is 3.14 bits per heavy atom. The summed E-state index contributed by atoms with van der Waals surface area (Å²) in [7, 11) is 0. The molecule has 6 heteroatoms. The first-order chi connectivity index (χ1) is 10.2. The van der Waals surface area contributed by atoms with E-state index < -0.39 is 0 Å². The standard InChI is InChI=1S/C15H22N4OS/c1-11(2)13-10-21-15(18-13)14-17-4-7-19(14)6-3-12-9-16-5-8-20-12/h4,7,10-12,16H,3,5-6,8-9H2,1-2H3. The Bertz CT molecular complexity index is 572. The third-order valence-corrected chi connectivity index (χ3v) is 4.57. The van der Waals surface area contributed by atoms with Crippen LogP contribution in [0.5, 0.6) is 0 Å². The van der Waals surface area contributed by atoms with E-state index in [1.165, 1.54) is 0 Å². The van der Waals surface area contributed by atoms with Crippen LogP contribution in [0.4, 0.5) is 0 Å². The van der Waals surface area contributed by atoms with Crippen molar-refractivity contribution in [2.45, 2.75) is 38.8 Å². The summed E-state index contributed by atoms with van der Waals surface area (Å²) in [6.45, 7) is 7.96. The van der Waals surface area contributed by atoms with Crippen LogP contribution in [0.25, 0.3) is 10.8 Å². The fraction of sp³-hybridized carbons (Fsp3) is 0.600. The molecule has 0 spiro atoms. The lowest BCUT2D eigenvalue weighted by Gasteiger charge is -2.23. The van der Waals surface area contributed by atoms with Crippen molar-refractivity contribution in [1.82, 2.24) is 19.9 Å². The maximum absolute atomic E-state index is 5.75. The Morgan fingerprint density at radius 2 is 2.43 bits per heavy atom. The lowest BCUT2D eigenvalue weighted by molar-refractivity contribution is 0.0211. The minimum atomic E-state index is 0.302. The Morgan fingerprint density at radius 1 is 1.52 bits per heavy atom. The zero-order valence-electron chi connectivity index (χ0n) is 12.6. The third-order valence-electron chi connectivity index (χ3n) is 3.72. The Balaban J connectivity index is 1.68. The second kappa shape index (κ2) is 6.68. The molecule has 21 heavy (non-hydrogen) atoms. The van der Waals surface area contributed by atoms with E-state index in [2.05, 4.69) is 34.1 Å². The van der Waals surface area contributed by atoms with E-state index in [0.29, 0.717) is 12.0 Å². The molecule has 1 fully saturated rings. The molecule has 1 N–H and O–H groups in total.